The van der Waals surface area contributed by atoms with Crippen molar-refractivity contribution in [3.8, 4) is 5.75 Å². The zero-order valence-corrected chi connectivity index (χ0v) is 19.7. The highest BCUT2D eigenvalue weighted by atomic mass is 32.2. The molecule has 0 spiro atoms. The van der Waals surface area contributed by atoms with E-state index in [1.54, 1.807) is 30.0 Å². The van der Waals surface area contributed by atoms with Crippen molar-refractivity contribution in [1.29, 1.82) is 0 Å². The smallest absolute Gasteiger partial charge is 0.409 e. The lowest BCUT2D eigenvalue weighted by Crippen LogP contribution is -2.31. The number of aromatic nitrogens is 2. The number of primary amides is 1. The lowest BCUT2D eigenvalue weighted by molar-refractivity contribution is -0.131. The number of carbonyl (C=O) groups is 2. The molecular formula is C23H25N5O5S. The highest BCUT2D eigenvalue weighted by Gasteiger charge is 2.25. The molecule has 0 saturated heterocycles. The third-order valence-corrected chi connectivity index (χ3v) is 5.82. The molecule has 10 nitrogen and oxygen atoms in total. The first-order valence-electron chi connectivity index (χ1n) is 10.3. The van der Waals surface area contributed by atoms with Gasteiger partial charge in [-0.1, -0.05) is 36.4 Å². The Hall–Kier alpha value is -3.99. The van der Waals surface area contributed by atoms with E-state index < -0.39 is 22.0 Å². The van der Waals surface area contributed by atoms with Crippen LogP contribution in [0.5, 0.6) is 5.75 Å². The van der Waals surface area contributed by atoms with Crippen molar-refractivity contribution in [3.05, 3.63) is 71.9 Å². The van der Waals surface area contributed by atoms with Crippen molar-refractivity contribution in [2.24, 2.45) is 5.73 Å². The molecule has 0 bridgehead atoms. The van der Waals surface area contributed by atoms with Gasteiger partial charge in [0.05, 0.1) is 6.04 Å². The predicted octanol–water partition coefficient (Wildman–Crippen LogP) is 3.19. The summed E-state index contributed by atoms with van der Waals surface area (Å²) in [4.78, 5) is 33.5. The van der Waals surface area contributed by atoms with Crippen LogP contribution in [0.1, 0.15) is 31.0 Å². The molecule has 0 radical (unpaired) electrons. The molecule has 3 N–H and O–H groups in total. The first-order chi connectivity index (χ1) is 16.0. The Bertz CT molecular complexity index is 1300. The number of ether oxygens (including phenoxy) is 1. The Labute approximate surface area is 197 Å². The number of carbonyl (C=O) groups excluding carboxylic acids is 2. The van der Waals surface area contributed by atoms with E-state index in [4.69, 9.17) is 10.5 Å². The van der Waals surface area contributed by atoms with Gasteiger partial charge in [0.15, 0.2) is 0 Å². The summed E-state index contributed by atoms with van der Waals surface area (Å²) in [6.07, 6.45) is 1.43. The second-order valence-electron chi connectivity index (χ2n) is 7.61. The molecule has 2 aromatic carbocycles. The van der Waals surface area contributed by atoms with E-state index in [0.29, 0.717) is 17.8 Å². The van der Waals surface area contributed by atoms with Crippen LogP contribution in [0.3, 0.4) is 0 Å². The van der Waals surface area contributed by atoms with Crippen LogP contribution < -0.4 is 15.8 Å². The van der Waals surface area contributed by atoms with Gasteiger partial charge in [0.1, 0.15) is 11.6 Å². The molecule has 1 heterocycles. The molecule has 3 rings (SSSR count). The topological polar surface area (TPSA) is 145 Å². The van der Waals surface area contributed by atoms with Gasteiger partial charge in [-0.2, -0.15) is 0 Å². The van der Waals surface area contributed by atoms with Crippen LogP contribution in [-0.2, 0) is 21.2 Å². The molecule has 2 amide bonds. The monoisotopic (exact) mass is 483 g/mol. The standard InChI is InChI=1S/C23H25N5O5S/c1-15(28(16(2)29)14-17-8-5-4-6-9-17)20-13-25-23(34(3,31)32)27-21(20)26-18-10-7-11-19(12-18)33-22(24)30/h4-13,15H,14H2,1-3H3,(H2,24,30)(H,25,26,27). The molecule has 1 atom stereocenters. The van der Waals surface area contributed by atoms with E-state index in [1.165, 1.54) is 19.2 Å². The van der Waals surface area contributed by atoms with Crippen molar-refractivity contribution in [2.75, 3.05) is 11.6 Å². The van der Waals surface area contributed by atoms with E-state index in [0.717, 1.165) is 11.8 Å². The first-order valence-corrected chi connectivity index (χ1v) is 12.2. The summed E-state index contributed by atoms with van der Waals surface area (Å²) in [5.41, 5.74) is 6.97. The number of nitrogens with two attached hydrogens (primary N) is 1. The van der Waals surface area contributed by atoms with Crippen molar-refractivity contribution in [3.63, 3.8) is 0 Å². The van der Waals surface area contributed by atoms with Crippen molar-refractivity contribution in [1.82, 2.24) is 14.9 Å². The molecule has 178 valence electrons. The molecule has 34 heavy (non-hydrogen) atoms. The molecule has 0 aliphatic heterocycles. The molecule has 0 saturated carbocycles. The van der Waals surface area contributed by atoms with Gasteiger partial charge in [-0.25, -0.2) is 23.2 Å². The number of hydrogen-bond acceptors (Lipinski definition) is 8. The summed E-state index contributed by atoms with van der Waals surface area (Å²) >= 11 is 0. The second-order valence-corrected chi connectivity index (χ2v) is 9.52. The second kappa shape index (κ2) is 10.3. The van der Waals surface area contributed by atoms with E-state index in [1.807, 2.05) is 30.3 Å². The number of benzene rings is 2. The molecule has 0 aliphatic carbocycles. The predicted molar refractivity (Wildman–Crippen MR) is 126 cm³/mol. The summed E-state index contributed by atoms with van der Waals surface area (Å²) in [5, 5.41) is 2.68. The summed E-state index contributed by atoms with van der Waals surface area (Å²) in [7, 11) is -3.70. The highest BCUT2D eigenvalue weighted by Crippen LogP contribution is 2.30. The number of amides is 2. The fourth-order valence-electron chi connectivity index (χ4n) is 3.32. The van der Waals surface area contributed by atoms with Crippen molar-refractivity contribution < 1.29 is 22.7 Å². The summed E-state index contributed by atoms with van der Waals surface area (Å²) in [5.74, 6) is 0.212. The molecule has 11 heteroatoms. The van der Waals surface area contributed by atoms with Crippen LogP contribution in [0.4, 0.5) is 16.3 Å². The van der Waals surface area contributed by atoms with Crippen LogP contribution in [0.25, 0.3) is 0 Å². The fraction of sp³-hybridized carbons (Fsp3) is 0.217. The Balaban J connectivity index is 2.02. The fourth-order valence-corrected chi connectivity index (χ4v) is 3.82. The molecule has 0 aliphatic rings. The quantitative estimate of drug-likeness (QED) is 0.465. The minimum atomic E-state index is -3.70. The van der Waals surface area contributed by atoms with Crippen molar-refractivity contribution >= 4 is 33.3 Å². The summed E-state index contributed by atoms with van der Waals surface area (Å²) in [6.45, 7) is 3.61. The highest BCUT2D eigenvalue weighted by molar-refractivity contribution is 7.90. The summed E-state index contributed by atoms with van der Waals surface area (Å²) < 4.78 is 29.1. The Morgan fingerprint density at radius 1 is 1.15 bits per heavy atom. The van der Waals surface area contributed by atoms with Crippen LogP contribution in [0.15, 0.2) is 66.0 Å². The third-order valence-electron chi connectivity index (χ3n) is 4.96. The zero-order valence-electron chi connectivity index (χ0n) is 18.9. The third kappa shape index (κ3) is 6.29. The van der Waals surface area contributed by atoms with Crippen LogP contribution in [0, 0.1) is 0 Å². The van der Waals surface area contributed by atoms with Gasteiger partial charge in [0.25, 0.3) is 0 Å². The van der Waals surface area contributed by atoms with Crippen LogP contribution in [-0.4, -0.2) is 41.5 Å². The zero-order chi connectivity index (χ0) is 24.9. The van der Waals surface area contributed by atoms with Gasteiger partial charge >= 0.3 is 6.09 Å². The van der Waals surface area contributed by atoms with Crippen molar-refractivity contribution in [2.45, 2.75) is 31.6 Å². The SMILES string of the molecule is CC(=O)N(Cc1ccccc1)C(C)c1cnc(S(C)(=O)=O)nc1Nc1cccc(OC(N)=O)c1. The molecule has 3 aromatic rings. The van der Waals surface area contributed by atoms with Gasteiger partial charge < -0.3 is 20.7 Å². The number of hydrogen-bond donors (Lipinski definition) is 2. The van der Waals surface area contributed by atoms with Gasteiger partial charge in [0.2, 0.25) is 20.9 Å². The van der Waals surface area contributed by atoms with E-state index >= 15 is 0 Å². The van der Waals surface area contributed by atoms with E-state index in [-0.39, 0.29) is 22.6 Å². The Morgan fingerprint density at radius 2 is 1.85 bits per heavy atom. The number of sulfone groups is 1. The normalized spacial score (nSPS) is 12.0. The maximum Gasteiger partial charge on any atom is 0.409 e. The first kappa shape index (κ1) is 24.6. The average Bonchev–Trinajstić information content (AvgIpc) is 2.77. The van der Waals surface area contributed by atoms with Gasteiger partial charge in [-0.05, 0) is 24.6 Å². The number of rotatable bonds is 8. The Morgan fingerprint density at radius 3 is 2.47 bits per heavy atom. The Kier molecular flexibility index (Phi) is 7.47. The molecule has 1 aromatic heterocycles. The largest absolute Gasteiger partial charge is 0.410 e. The lowest BCUT2D eigenvalue weighted by atomic mass is 10.1. The van der Waals surface area contributed by atoms with Gasteiger partial charge in [-0.15, -0.1) is 0 Å². The summed E-state index contributed by atoms with van der Waals surface area (Å²) in [6, 6.07) is 15.3. The lowest BCUT2D eigenvalue weighted by Gasteiger charge is -2.29. The maximum atomic E-state index is 12.5. The number of anilines is 2. The number of nitrogens with one attached hydrogen (secondary N) is 1. The molecule has 0 fully saturated rings. The minimum Gasteiger partial charge on any atom is -0.410 e. The van der Waals surface area contributed by atoms with E-state index in [9.17, 15) is 18.0 Å². The maximum absolute atomic E-state index is 12.5. The number of nitrogens with zero attached hydrogens (tertiary/aromatic N) is 3. The molecule has 1 unspecified atom stereocenters. The molecular weight excluding hydrogens is 458 g/mol. The van der Waals surface area contributed by atoms with Gasteiger partial charge in [0, 0.05) is 43.2 Å². The average molecular weight is 484 g/mol. The minimum absolute atomic E-state index is 0.175. The van der Waals surface area contributed by atoms with Crippen LogP contribution in [0.2, 0.25) is 0 Å². The van der Waals surface area contributed by atoms with E-state index in [2.05, 4.69) is 15.3 Å². The van der Waals surface area contributed by atoms with Crippen LogP contribution >= 0.6 is 0 Å². The van der Waals surface area contributed by atoms with Gasteiger partial charge in [-0.3, -0.25) is 4.79 Å².